The third kappa shape index (κ3) is 2.56. The van der Waals surface area contributed by atoms with Gasteiger partial charge in [0.25, 0.3) is 0 Å². The first-order valence-electron chi connectivity index (χ1n) is 6.06. The highest BCUT2D eigenvalue weighted by Gasteiger charge is 2.07. The summed E-state index contributed by atoms with van der Waals surface area (Å²) in [5, 5.41) is 4.10. The molecule has 102 valence electrons. The van der Waals surface area contributed by atoms with Crippen molar-refractivity contribution in [2.24, 2.45) is 0 Å². The Hall–Kier alpha value is -1.82. The molecule has 2 aromatic heterocycles. The number of rotatable bonds is 3. The summed E-state index contributed by atoms with van der Waals surface area (Å²) >= 11 is 3.36. The number of hydrogen-bond acceptors (Lipinski definition) is 2. The maximum atomic E-state index is 13.5. The molecule has 0 aliphatic carbocycles. The number of benzene rings is 1. The third-order valence-electron chi connectivity index (χ3n) is 3.04. The van der Waals surface area contributed by atoms with E-state index in [1.807, 2.05) is 6.07 Å². The molecular weight excluding hydrogens is 328 g/mol. The number of halogens is 3. The van der Waals surface area contributed by atoms with Crippen molar-refractivity contribution < 1.29 is 8.78 Å². The Kier molecular flexibility index (Phi) is 3.48. The monoisotopic (exact) mass is 337 g/mol. The third-order valence-corrected chi connectivity index (χ3v) is 3.60. The molecular formula is C14H10BrF2N3. The zero-order chi connectivity index (χ0) is 14.1. The Morgan fingerprint density at radius 3 is 2.85 bits per heavy atom. The second kappa shape index (κ2) is 5.28. The summed E-state index contributed by atoms with van der Waals surface area (Å²) in [5.74, 6) is -0.818. The lowest BCUT2D eigenvalue weighted by molar-refractivity contribution is 0.583. The molecule has 0 unspecified atom stereocenters. The summed E-state index contributed by atoms with van der Waals surface area (Å²) < 4.78 is 29.1. The van der Waals surface area contributed by atoms with Gasteiger partial charge in [-0.3, -0.25) is 0 Å². The Balaban J connectivity index is 1.82. The molecule has 0 aliphatic heterocycles. The van der Waals surface area contributed by atoms with E-state index in [0.29, 0.717) is 24.1 Å². The molecule has 0 bridgehead atoms. The summed E-state index contributed by atoms with van der Waals surface area (Å²) in [7, 11) is 0. The van der Waals surface area contributed by atoms with Crippen LogP contribution in [0.25, 0.3) is 5.65 Å². The lowest BCUT2D eigenvalue weighted by atomic mass is 10.1. The summed E-state index contributed by atoms with van der Waals surface area (Å²) in [5.41, 5.74) is 1.88. The van der Waals surface area contributed by atoms with E-state index < -0.39 is 11.6 Å². The van der Waals surface area contributed by atoms with Crippen LogP contribution < -0.4 is 0 Å². The molecule has 0 N–H and O–H groups in total. The SMILES string of the molecule is Fc1ccc(F)c(CCc2ccn3ncc(Br)c3n2)c1. The van der Waals surface area contributed by atoms with Gasteiger partial charge in [-0.15, -0.1) is 0 Å². The van der Waals surface area contributed by atoms with Gasteiger partial charge in [0, 0.05) is 11.9 Å². The zero-order valence-electron chi connectivity index (χ0n) is 10.4. The summed E-state index contributed by atoms with van der Waals surface area (Å²) in [6.45, 7) is 0. The smallest absolute Gasteiger partial charge is 0.169 e. The maximum Gasteiger partial charge on any atom is 0.169 e. The van der Waals surface area contributed by atoms with Gasteiger partial charge >= 0.3 is 0 Å². The number of aromatic nitrogens is 3. The van der Waals surface area contributed by atoms with Crippen molar-refractivity contribution in [1.29, 1.82) is 0 Å². The van der Waals surface area contributed by atoms with Crippen LogP contribution in [0.2, 0.25) is 0 Å². The molecule has 0 amide bonds. The fourth-order valence-corrected chi connectivity index (χ4v) is 2.38. The highest BCUT2D eigenvalue weighted by atomic mass is 79.9. The largest absolute Gasteiger partial charge is 0.233 e. The normalized spacial score (nSPS) is 11.2. The summed E-state index contributed by atoms with van der Waals surface area (Å²) in [6, 6.07) is 5.31. The van der Waals surface area contributed by atoms with Crippen LogP contribution in [-0.2, 0) is 12.8 Å². The molecule has 1 aromatic carbocycles. The van der Waals surface area contributed by atoms with Crippen molar-refractivity contribution in [2.75, 3.05) is 0 Å². The van der Waals surface area contributed by atoms with E-state index in [-0.39, 0.29) is 0 Å². The Morgan fingerprint density at radius 1 is 1.15 bits per heavy atom. The first-order valence-corrected chi connectivity index (χ1v) is 6.85. The van der Waals surface area contributed by atoms with Crippen LogP contribution >= 0.6 is 15.9 Å². The fraction of sp³-hybridized carbons (Fsp3) is 0.143. The van der Waals surface area contributed by atoms with Gasteiger partial charge in [0.1, 0.15) is 11.6 Å². The first-order chi connectivity index (χ1) is 9.63. The van der Waals surface area contributed by atoms with Crippen LogP contribution in [0, 0.1) is 11.6 Å². The molecule has 6 heteroatoms. The predicted octanol–water partition coefficient (Wildman–Crippen LogP) is 3.56. The van der Waals surface area contributed by atoms with Crippen molar-refractivity contribution in [3.05, 3.63) is 64.0 Å². The minimum atomic E-state index is -0.427. The number of fused-ring (bicyclic) bond motifs is 1. The van der Waals surface area contributed by atoms with Crippen molar-refractivity contribution >= 4 is 21.6 Å². The number of nitrogens with zero attached hydrogens (tertiary/aromatic N) is 3. The van der Waals surface area contributed by atoms with Crippen LogP contribution in [0.1, 0.15) is 11.3 Å². The van der Waals surface area contributed by atoms with Crippen LogP contribution in [-0.4, -0.2) is 14.6 Å². The van der Waals surface area contributed by atoms with Gasteiger partial charge in [-0.25, -0.2) is 18.3 Å². The fourth-order valence-electron chi connectivity index (χ4n) is 2.02. The highest BCUT2D eigenvalue weighted by Crippen LogP contribution is 2.17. The lowest BCUT2D eigenvalue weighted by Crippen LogP contribution is -2.00. The Labute approximate surface area is 122 Å². The molecule has 3 nitrogen and oxygen atoms in total. The van der Waals surface area contributed by atoms with E-state index in [1.165, 1.54) is 6.07 Å². The number of hydrogen-bond donors (Lipinski definition) is 0. The van der Waals surface area contributed by atoms with Gasteiger partial charge in [0.2, 0.25) is 0 Å². The molecule has 0 saturated heterocycles. The van der Waals surface area contributed by atoms with Gasteiger partial charge in [-0.2, -0.15) is 5.10 Å². The molecule has 3 rings (SSSR count). The minimum absolute atomic E-state index is 0.360. The molecule has 0 radical (unpaired) electrons. The standard InChI is InChI=1S/C14H10BrF2N3/c15-12-8-18-20-6-5-11(19-14(12)20)3-1-9-7-10(16)2-4-13(9)17/h2,4-8H,1,3H2. The van der Waals surface area contributed by atoms with Crippen LogP contribution in [0.5, 0.6) is 0 Å². The van der Waals surface area contributed by atoms with E-state index in [4.69, 9.17) is 0 Å². The van der Waals surface area contributed by atoms with E-state index >= 15 is 0 Å². The number of aryl methyl sites for hydroxylation is 2. The van der Waals surface area contributed by atoms with Gasteiger partial charge < -0.3 is 0 Å². The second-order valence-electron chi connectivity index (χ2n) is 4.42. The molecule has 0 aliphatic rings. The van der Waals surface area contributed by atoms with Crippen molar-refractivity contribution in [1.82, 2.24) is 14.6 Å². The Morgan fingerprint density at radius 2 is 2.00 bits per heavy atom. The molecule has 3 aromatic rings. The van der Waals surface area contributed by atoms with E-state index in [1.54, 1.807) is 16.9 Å². The molecule has 0 saturated carbocycles. The van der Waals surface area contributed by atoms with Gasteiger partial charge in [-0.1, -0.05) is 0 Å². The molecule has 0 fully saturated rings. The van der Waals surface area contributed by atoms with Crippen molar-refractivity contribution in [3.8, 4) is 0 Å². The van der Waals surface area contributed by atoms with Gasteiger partial charge in [-0.05, 0) is 58.6 Å². The molecule has 0 spiro atoms. The zero-order valence-corrected chi connectivity index (χ0v) is 11.9. The Bertz CT molecular complexity index is 770. The molecule has 20 heavy (non-hydrogen) atoms. The van der Waals surface area contributed by atoms with E-state index in [9.17, 15) is 8.78 Å². The predicted molar refractivity (Wildman–Crippen MR) is 74.5 cm³/mol. The second-order valence-corrected chi connectivity index (χ2v) is 5.27. The minimum Gasteiger partial charge on any atom is -0.233 e. The maximum absolute atomic E-state index is 13.5. The quantitative estimate of drug-likeness (QED) is 0.731. The van der Waals surface area contributed by atoms with Crippen molar-refractivity contribution in [3.63, 3.8) is 0 Å². The van der Waals surface area contributed by atoms with Gasteiger partial charge in [0.05, 0.1) is 10.7 Å². The molecule has 2 heterocycles. The highest BCUT2D eigenvalue weighted by molar-refractivity contribution is 9.10. The summed E-state index contributed by atoms with van der Waals surface area (Å²) in [4.78, 5) is 4.44. The topological polar surface area (TPSA) is 30.2 Å². The van der Waals surface area contributed by atoms with Crippen molar-refractivity contribution in [2.45, 2.75) is 12.8 Å². The van der Waals surface area contributed by atoms with Gasteiger partial charge in [0.15, 0.2) is 5.65 Å². The first kappa shape index (κ1) is 13.2. The van der Waals surface area contributed by atoms with Crippen LogP contribution in [0.15, 0.2) is 41.1 Å². The summed E-state index contributed by atoms with van der Waals surface area (Å²) in [6.07, 6.45) is 4.40. The average molecular weight is 338 g/mol. The van der Waals surface area contributed by atoms with Crippen LogP contribution in [0.4, 0.5) is 8.78 Å². The average Bonchev–Trinajstić information content (AvgIpc) is 2.81. The lowest BCUT2D eigenvalue weighted by Gasteiger charge is -2.04. The van der Waals surface area contributed by atoms with E-state index in [0.717, 1.165) is 22.3 Å². The molecule has 0 atom stereocenters. The van der Waals surface area contributed by atoms with E-state index in [2.05, 4.69) is 26.0 Å². The van der Waals surface area contributed by atoms with Crippen LogP contribution in [0.3, 0.4) is 0 Å².